The number of benzene rings is 1. The van der Waals surface area contributed by atoms with Crippen LogP contribution in [0.2, 0.25) is 0 Å². The summed E-state index contributed by atoms with van der Waals surface area (Å²) in [5.74, 6) is 0.771. The molecule has 0 spiro atoms. The number of amides is 2. The lowest BCUT2D eigenvalue weighted by atomic mass is 10.00. The molecule has 0 aliphatic carbocycles. The molecule has 174 valence electrons. The maximum absolute atomic E-state index is 13.4. The summed E-state index contributed by atoms with van der Waals surface area (Å²) in [6.07, 6.45) is 2.99. The number of nitrogens with zero attached hydrogens (tertiary/aromatic N) is 4. The van der Waals surface area contributed by atoms with Crippen molar-refractivity contribution >= 4 is 11.8 Å². The number of carbonyl (C=O) groups is 2. The quantitative estimate of drug-likeness (QED) is 0.619. The second-order valence-electron chi connectivity index (χ2n) is 9.38. The molecule has 0 bridgehead atoms. The molecular formula is C26H38N4O2. The third kappa shape index (κ3) is 5.59. The molecule has 6 heteroatoms. The summed E-state index contributed by atoms with van der Waals surface area (Å²) in [5, 5.41) is 4.68. The van der Waals surface area contributed by atoms with Crippen molar-refractivity contribution in [2.75, 3.05) is 19.6 Å². The lowest BCUT2D eigenvalue weighted by Crippen LogP contribution is -2.49. The largest absolute Gasteiger partial charge is 0.339 e. The molecule has 0 atom stereocenters. The van der Waals surface area contributed by atoms with Gasteiger partial charge in [0.2, 0.25) is 5.91 Å². The van der Waals surface area contributed by atoms with E-state index in [1.165, 1.54) is 0 Å². The van der Waals surface area contributed by atoms with Crippen LogP contribution in [0.25, 0.3) is 0 Å². The van der Waals surface area contributed by atoms with Crippen LogP contribution in [-0.4, -0.2) is 57.1 Å². The minimum atomic E-state index is 0.0845. The van der Waals surface area contributed by atoms with Crippen LogP contribution < -0.4 is 0 Å². The summed E-state index contributed by atoms with van der Waals surface area (Å²) in [7, 11) is 0. The Hall–Kier alpha value is -2.63. The fourth-order valence-corrected chi connectivity index (χ4v) is 4.66. The van der Waals surface area contributed by atoms with Crippen molar-refractivity contribution in [3.63, 3.8) is 0 Å². The first-order valence-corrected chi connectivity index (χ1v) is 12.0. The number of hydrogen-bond donors (Lipinski definition) is 0. The van der Waals surface area contributed by atoms with Crippen LogP contribution in [0.4, 0.5) is 0 Å². The monoisotopic (exact) mass is 438 g/mol. The zero-order valence-electron chi connectivity index (χ0n) is 20.3. The van der Waals surface area contributed by atoms with Crippen molar-refractivity contribution in [2.45, 2.75) is 72.9 Å². The Bertz CT molecular complexity index is 911. The van der Waals surface area contributed by atoms with E-state index in [9.17, 15) is 9.59 Å². The van der Waals surface area contributed by atoms with Crippen LogP contribution in [0.1, 0.15) is 67.3 Å². The maximum atomic E-state index is 13.4. The normalized spacial score (nSPS) is 14.8. The first-order chi connectivity index (χ1) is 15.3. The molecule has 32 heavy (non-hydrogen) atoms. The second kappa shape index (κ2) is 10.8. The van der Waals surface area contributed by atoms with Crippen molar-refractivity contribution in [3.05, 3.63) is 52.8 Å². The fourth-order valence-electron chi connectivity index (χ4n) is 4.66. The summed E-state index contributed by atoms with van der Waals surface area (Å²) in [5.41, 5.74) is 3.85. The van der Waals surface area contributed by atoms with Gasteiger partial charge in [0, 0.05) is 49.0 Å². The van der Waals surface area contributed by atoms with Crippen LogP contribution in [0.3, 0.4) is 0 Å². The van der Waals surface area contributed by atoms with Gasteiger partial charge in [-0.05, 0) is 51.2 Å². The van der Waals surface area contributed by atoms with E-state index in [1.54, 1.807) is 0 Å². The number of likely N-dealkylation sites (tertiary alicyclic amines) is 1. The summed E-state index contributed by atoms with van der Waals surface area (Å²) in [4.78, 5) is 30.1. The molecule has 1 aliphatic rings. The summed E-state index contributed by atoms with van der Waals surface area (Å²) in [6.45, 7) is 13.6. The molecule has 1 saturated heterocycles. The molecule has 1 aromatic heterocycles. The van der Waals surface area contributed by atoms with Crippen LogP contribution >= 0.6 is 0 Å². The highest BCUT2D eigenvalue weighted by atomic mass is 16.2. The molecule has 6 nitrogen and oxygen atoms in total. The Balaban J connectivity index is 1.65. The van der Waals surface area contributed by atoms with Crippen molar-refractivity contribution in [2.24, 2.45) is 5.92 Å². The highest BCUT2D eigenvalue weighted by Gasteiger charge is 2.30. The van der Waals surface area contributed by atoms with Crippen molar-refractivity contribution in [3.8, 4) is 0 Å². The van der Waals surface area contributed by atoms with Gasteiger partial charge in [0.05, 0.1) is 12.1 Å². The predicted molar refractivity (Wildman–Crippen MR) is 128 cm³/mol. The lowest BCUT2D eigenvalue weighted by Gasteiger charge is -2.38. The lowest BCUT2D eigenvalue weighted by molar-refractivity contribution is -0.133. The molecule has 2 amide bonds. The Labute approximate surface area is 192 Å². The molecule has 0 unspecified atom stereocenters. The number of carbonyl (C=O) groups excluding carboxylic acids is 2. The van der Waals surface area contributed by atoms with Crippen LogP contribution in [0, 0.1) is 19.8 Å². The van der Waals surface area contributed by atoms with Crippen LogP contribution in [-0.2, 0) is 17.8 Å². The van der Waals surface area contributed by atoms with E-state index in [0.29, 0.717) is 25.4 Å². The number of aryl methyl sites for hydroxylation is 1. The van der Waals surface area contributed by atoms with Gasteiger partial charge in [-0.3, -0.25) is 14.3 Å². The first-order valence-electron chi connectivity index (χ1n) is 12.0. The van der Waals surface area contributed by atoms with E-state index < -0.39 is 0 Å². The number of piperidine rings is 1. The molecule has 1 aliphatic heterocycles. The predicted octanol–water partition coefficient (Wildman–Crippen LogP) is 4.24. The van der Waals surface area contributed by atoms with Gasteiger partial charge in [-0.25, -0.2) is 0 Å². The summed E-state index contributed by atoms with van der Waals surface area (Å²) < 4.78 is 2.04. The van der Waals surface area contributed by atoms with E-state index in [4.69, 9.17) is 0 Å². The minimum absolute atomic E-state index is 0.0845. The molecule has 0 saturated carbocycles. The van der Waals surface area contributed by atoms with Crippen molar-refractivity contribution in [1.82, 2.24) is 19.6 Å². The Morgan fingerprint density at radius 3 is 2.38 bits per heavy atom. The summed E-state index contributed by atoms with van der Waals surface area (Å²) in [6, 6.07) is 9.64. The van der Waals surface area contributed by atoms with Gasteiger partial charge in [-0.2, -0.15) is 5.10 Å². The van der Waals surface area contributed by atoms with Crippen LogP contribution in [0.15, 0.2) is 30.3 Å². The number of rotatable bonds is 8. The van der Waals surface area contributed by atoms with Gasteiger partial charge in [0.1, 0.15) is 0 Å². The highest BCUT2D eigenvalue weighted by Crippen LogP contribution is 2.22. The Morgan fingerprint density at radius 1 is 1.12 bits per heavy atom. The van der Waals surface area contributed by atoms with E-state index in [-0.39, 0.29) is 17.9 Å². The average molecular weight is 439 g/mol. The van der Waals surface area contributed by atoms with Gasteiger partial charge >= 0.3 is 0 Å². The van der Waals surface area contributed by atoms with Crippen molar-refractivity contribution < 1.29 is 9.59 Å². The molecule has 3 rings (SSSR count). The molecular weight excluding hydrogens is 400 g/mol. The Morgan fingerprint density at radius 2 is 1.78 bits per heavy atom. The standard InChI is InChI=1S/C26H38N4O2/c1-6-14-29(25(31)17-24-20(4)27-30(21(24)5)18-19(2)3)23-12-15-28(16-13-23)26(32)22-10-8-7-9-11-22/h7-11,19,23H,6,12-18H2,1-5H3. The molecule has 2 heterocycles. The summed E-state index contributed by atoms with van der Waals surface area (Å²) >= 11 is 0. The number of aromatic nitrogens is 2. The molecule has 0 radical (unpaired) electrons. The third-order valence-corrected chi connectivity index (χ3v) is 6.40. The van der Waals surface area contributed by atoms with Gasteiger partial charge < -0.3 is 9.80 Å². The smallest absolute Gasteiger partial charge is 0.253 e. The SMILES string of the molecule is CCCN(C(=O)Cc1c(C)nn(CC(C)C)c1C)C1CCN(C(=O)c2ccccc2)CC1. The van der Waals surface area contributed by atoms with Gasteiger partial charge in [-0.1, -0.05) is 39.0 Å². The fraction of sp³-hybridized carbons (Fsp3) is 0.577. The van der Waals surface area contributed by atoms with E-state index >= 15 is 0 Å². The van der Waals surface area contributed by atoms with Gasteiger partial charge in [-0.15, -0.1) is 0 Å². The third-order valence-electron chi connectivity index (χ3n) is 6.40. The molecule has 1 aromatic carbocycles. The molecule has 1 fully saturated rings. The zero-order valence-corrected chi connectivity index (χ0v) is 20.3. The van der Waals surface area contributed by atoms with Gasteiger partial charge in [0.25, 0.3) is 5.91 Å². The highest BCUT2D eigenvalue weighted by molar-refractivity contribution is 5.94. The van der Waals surface area contributed by atoms with E-state index in [2.05, 4.69) is 37.7 Å². The van der Waals surface area contributed by atoms with Crippen molar-refractivity contribution in [1.29, 1.82) is 0 Å². The number of hydrogen-bond acceptors (Lipinski definition) is 3. The van der Waals surface area contributed by atoms with Gasteiger partial charge in [0.15, 0.2) is 0 Å². The molecule has 0 N–H and O–H groups in total. The molecule has 2 aromatic rings. The Kier molecular flexibility index (Phi) is 8.10. The maximum Gasteiger partial charge on any atom is 0.253 e. The van der Waals surface area contributed by atoms with Crippen LogP contribution in [0.5, 0.6) is 0 Å². The van der Waals surface area contributed by atoms with E-state index in [1.807, 2.05) is 46.8 Å². The second-order valence-corrected chi connectivity index (χ2v) is 9.38. The average Bonchev–Trinajstić information content (AvgIpc) is 3.04. The minimum Gasteiger partial charge on any atom is -0.339 e. The first kappa shape index (κ1) is 24.0. The topological polar surface area (TPSA) is 58.4 Å². The zero-order chi connectivity index (χ0) is 23.3. The van der Waals surface area contributed by atoms with E-state index in [0.717, 1.165) is 54.9 Å².